The molecule has 1 aliphatic carbocycles. The molecule has 136 valence electrons. The fourth-order valence-electron chi connectivity index (χ4n) is 3.78. The van der Waals surface area contributed by atoms with Gasteiger partial charge in [-0.3, -0.25) is 19.7 Å². The molecular weight excluding hydrogens is 322 g/mol. The number of nitrogens with zero attached hydrogens (tertiary/aromatic N) is 1. The van der Waals surface area contributed by atoms with E-state index in [2.05, 4.69) is 5.32 Å². The molecule has 7 nitrogen and oxygen atoms in total. The highest BCUT2D eigenvalue weighted by atomic mass is 16.5. The molecule has 1 spiro atoms. The summed E-state index contributed by atoms with van der Waals surface area (Å²) in [6.45, 7) is 1.52. The molecule has 0 unspecified atom stereocenters. The topological polar surface area (TPSA) is 90.9 Å². The van der Waals surface area contributed by atoms with E-state index in [9.17, 15) is 9.59 Å². The van der Waals surface area contributed by atoms with Gasteiger partial charge in [-0.2, -0.15) is 0 Å². The number of hydrogen-bond acceptors (Lipinski definition) is 5. The van der Waals surface area contributed by atoms with Crippen molar-refractivity contribution in [1.82, 2.24) is 15.7 Å². The molecular formula is C18H25N3O4. The number of ether oxygens (including phenoxy) is 1. The number of piperidine rings is 1. The highest BCUT2D eigenvalue weighted by Crippen LogP contribution is 2.54. The van der Waals surface area contributed by atoms with Gasteiger partial charge in [0.1, 0.15) is 18.4 Å². The number of carbonyl (C=O) groups excluding carboxylic acids is 2. The second-order valence-corrected chi connectivity index (χ2v) is 7.10. The number of benzene rings is 1. The van der Waals surface area contributed by atoms with E-state index in [0.717, 1.165) is 25.1 Å². The van der Waals surface area contributed by atoms with E-state index in [1.807, 2.05) is 42.3 Å². The molecule has 2 fully saturated rings. The zero-order chi connectivity index (χ0) is 17.9. The van der Waals surface area contributed by atoms with Gasteiger partial charge in [-0.1, -0.05) is 18.2 Å². The van der Waals surface area contributed by atoms with E-state index in [0.29, 0.717) is 19.6 Å². The lowest BCUT2D eigenvalue weighted by Gasteiger charge is -2.41. The number of nitrogens with one attached hydrogen (secondary N) is 2. The molecule has 2 amide bonds. The molecule has 0 aromatic heterocycles. The Morgan fingerprint density at radius 3 is 2.64 bits per heavy atom. The van der Waals surface area contributed by atoms with Crippen molar-refractivity contribution < 1.29 is 19.5 Å². The maximum Gasteiger partial charge on any atom is 0.248 e. The molecule has 0 radical (unpaired) electrons. The highest BCUT2D eigenvalue weighted by Gasteiger charge is 2.54. The zero-order valence-corrected chi connectivity index (χ0v) is 14.4. The molecule has 1 saturated carbocycles. The summed E-state index contributed by atoms with van der Waals surface area (Å²) in [5.74, 6) is -0.484. The fraction of sp³-hybridized carbons (Fsp3) is 0.556. The molecule has 1 aliphatic heterocycles. The van der Waals surface area contributed by atoms with Crippen LogP contribution in [-0.4, -0.2) is 54.7 Å². The largest absolute Gasteiger partial charge is 0.492 e. The molecule has 3 N–H and O–H groups in total. The predicted octanol–water partition coefficient (Wildman–Crippen LogP) is 0.788. The first-order valence-corrected chi connectivity index (χ1v) is 8.64. The Morgan fingerprint density at radius 2 is 2.00 bits per heavy atom. The van der Waals surface area contributed by atoms with Crippen LogP contribution >= 0.6 is 0 Å². The number of para-hydroxylation sites is 1. The minimum absolute atomic E-state index is 0.138. The minimum Gasteiger partial charge on any atom is -0.492 e. The summed E-state index contributed by atoms with van der Waals surface area (Å²) in [5.41, 5.74) is 1.86. The van der Waals surface area contributed by atoms with Crippen LogP contribution < -0.4 is 15.5 Å². The maximum atomic E-state index is 12.6. The average molecular weight is 347 g/mol. The third-order valence-electron chi connectivity index (χ3n) is 5.18. The van der Waals surface area contributed by atoms with E-state index in [4.69, 9.17) is 9.94 Å². The average Bonchev–Trinajstić information content (AvgIpc) is 3.36. The standard InChI is InChI=1S/C18H25N3O4/c1-21-12-18(7-8-18)11-14(16(22)20-24)15(21)17(23)19-9-10-25-13-5-3-2-4-6-13/h2-6,14-15,24H,7-12H2,1H3,(H,19,23)(H,20,22)/t14-,15-/m0/s1. The minimum atomic E-state index is -0.574. The van der Waals surface area contributed by atoms with E-state index in [-0.39, 0.29) is 11.3 Å². The van der Waals surface area contributed by atoms with Crippen LogP contribution in [0.4, 0.5) is 0 Å². The number of likely N-dealkylation sites (N-methyl/N-ethyl adjacent to an activating group) is 1. The summed E-state index contributed by atoms with van der Waals surface area (Å²) in [5, 5.41) is 11.9. The molecule has 1 aromatic rings. The number of hydrogen-bond donors (Lipinski definition) is 3. The van der Waals surface area contributed by atoms with Crippen molar-refractivity contribution in [2.24, 2.45) is 11.3 Å². The first-order valence-electron chi connectivity index (χ1n) is 8.64. The Hall–Kier alpha value is -2.12. The van der Waals surface area contributed by atoms with Crippen LogP contribution in [0, 0.1) is 11.3 Å². The van der Waals surface area contributed by atoms with Gasteiger partial charge >= 0.3 is 0 Å². The fourth-order valence-corrected chi connectivity index (χ4v) is 3.78. The summed E-state index contributed by atoms with van der Waals surface area (Å²) in [6, 6.07) is 8.82. The van der Waals surface area contributed by atoms with Crippen LogP contribution in [0.15, 0.2) is 30.3 Å². The van der Waals surface area contributed by atoms with Crippen molar-refractivity contribution in [3.8, 4) is 5.75 Å². The number of likely N-dealkylation sites (tertiary alicyclic amines) is 1. The second kappa shape index (κ2) is 7.41. The van der Waals surface area contributed by atoms with E-state index in [1.54, 1.807) is 5.48 Å². The van der Waals surface area contributed by atoms with Crippen molar-refractivity contribution in [2.75, 3.05) is 26.7 Å². The molecule has 7 heteroatoms. The van der Waals surface area contributed by atoms with Gasteiger partial charge in [0.15, 0.2) is 0 Å². The Kier molecular flexibility index (Phi) is 5.24. The Morgan fingerprint density at radius 1 is 1.28 bits per heavy atom. The first kappa shape index (κ1) is 17.7. The molecule has 1 saturated heterocycles. The van der Waals surface area contributed by atoms with E-state index < -0.39 is 17.9 Å². The molecule has 2 atom stereocenters. The first-order chi connectivity index (χ1) is 12.0. The van der Waals surface area contributed by atoms with Crippen molar-refractivity contribution in [3.05, 3.63) is 30.3 Å². The van der Waals surface area contributed by atoms with Gasteiger partial charge in [-0.25, -0.2) is 5.48 Å². The Labute approximate surface area is 147 Å². The van der Waals surface area contributed by atoms with Crippen LogP contribution in [0.25, 0.3) is 0 Å². The zero-order valence-electron chi connectivity index (χ0n) is 14.4. The van der Waals surface area contributed by atoms with Crippen molar-refractivity contribution in [1.29, 1.82) is 0 Å². The van der Waals surface area contributed by atoms with Gasteiger partial charge in [0.2, 0.25) is 11.8 Å². The summed E-state index contributed by atoms with van der Waals surface area (Å²) >= 11 is 0. The molecule has 2 aliphatic rings. The number of hydroxylamine groups is 1. The monoisotopic (exact) mass is 347 g/mol. The van der Waals surface area contributed by atoms with Crippen LogP contribution in [0.2, 0.25) is 0 Å². The van der Waals surface area contributed by atoms with Crippen LogP contribution in [0.5, 0.6) is 5.75 Å². The molecule has 1 aromatic carbocycles. The third-order valence-corrected chi connectivity index (χ3v) is 5.18. The van der Waals surface area contributed by atoms with Gasteiger partial charge in [-0.05, 0) is 43.9 Å². The van der Waals surface area contributed by atoms with E-state index in [1.165, 1.54) is 0 Å². The van der Waals surface area contributed by atoms with Crippen molar-refractivity contribution in [2.45, 2.75) is 25.3 Å². The number of amides is 2. The second-order valence-electron chi connectivity index (χ2n) is 7.10. The lowest BCUT2D eigenvalue weighted by Crippen LogP contribution is -2.58. The van der Waals surface area contributed by atoms with Gasteiger partial charge in [0, 0.05) is 6.54 Å². The van der Waals surface area contributed by atoms with Crippen LogP contribution in [-0.2, 0) is 9.59 Å². The highest BCUT2D eigenvalue weighted by molar-refractivity contribution is 5.90. The van der Waals surface area contributed by atoms with Crippen molar-refractivity contribution >= 4 is 11.8 Å². The lowest BCUT2D eigenvalue weighted by atomic mass is 9.80. The molecule has 0 bridgehead atoms. The van der Waals surface area contributed by atoms with Gasteiger partial charge in [0.05, 0.1) is 12.5 Å². The Bertz CT molecular complexity index is 618. The normalized spacial score (nSPS) is 24.6. The van der Waals surface area contributed by atoms with Gasteiger partial charge in [0.25, 0.3) is 0 Å². The number of carbonyl (C=O) groups is 2. The molecule has 3 rings (SSSR count). The molecule has 25 heavy (non-hydrogen) atoms. The summed E-state index contributed by atoms with van der Waals surface area (Å²) in [7, 11) is 1.86. The lowest BCUT2D eigenvalue weighted by molar-refractivity contribution is -0.145. The number of rotatable bonds is 6. The predicted molar refractivity (Wildman–Crippen MR) is 91.1 cm³/mol. The summed E-state index contributed by atoms with van der Waals surface area (Å²) in [4.78, 5) is 26.6. The quantitative estimate of drug-likeness (QED) is 0.402. The van der Waals surface area contributed by atoms with Gasteiger partial charge in [-0.15, -0.1) is 0 Å². The van der Waals surface area contributed by atoms with Crippen LogP contribution in [0.3, 0.4) is 0 Å². The van der Waals surface area contributed by atoms with Crippen LogP contribution in [0.1, 0.15) is 19.3 Å². The van der Waals surface area contributed by atoms with Crippen molar-refractivity contribution in [3.63, 3.8) is 0 Å². The summed E-state index contributed by atoms with van der Waals surface area (Å²) in [6.07, 6.45) is 2.79. The SMILES string of the molecule is CN1CC2(CC2)C[C@H](C(=O)NO)[C@H]1C(=O)NCCOc1ccccc1. The van der Waals surface area contributed by atoms with E-state index >= 15 is 0 Å². The maximum absolute atomic E-state index is 12.6. The molecule has 1 heterocycles. The van der Waals surface area contributed by atoms with Gasteiger partial charge < -0.3 is 10.1 Å². The summed E-state index contributed by atoms with van der Waals surface area (Å²) < 4.78 is 5.56. The smallest absolute Gasteiger partial charge is 0.248 e. The third kappa shape index (κ3) is 4.11. The Balaban J connectivity index is 1.54.